The molecule has 0 saturated heterocycles. The topological polar surface area (TPSA) is 102 Å². The fourth-order valence-corrected chi connectivity index (χ4v) is 5.02. The number of halogens is 3. The molecule has 2 N–H and O–H groups in total. The van der Waals surface area contributed by atoms with Crippen LogP contribution in [-0.2, 0) is 9.84 Å². The normalized spacial score (nSPS) is 11.1. The Hall–Kier alpha value is -4.28. The van der Waals surface area contributed by atoms with E-state index in [4.69, 9.17) is 16.3 Å². The van der Waals surface area contributed by atoms with E-state index in [0.29, 0.717) is 33.3 Å². The Labute approximate surface area is 228 Å². The summed E-state index contributed by atoms with van der Waals surface area (Å²) in [5.41, 5.74) is 0.650. The van der Waals surface area contributed by atoms with Gasteiger partial charge in [0.25, 0.3) is 5.91 Å². The minimum atomic E-state index is -3.73. The summed E-state index contributed by atoms with van der Waals surface area (Å²) in [7, 11) is -3.73. The SMILES string of the molecule is Cc1cc(Oc2ccc(S(=O)(=O)c3ccc(Cl)cc3)cc2)c(C)cc1NC(=O)NC(=O)c1c(F)cccc1F. The van der Waals surface area contributed by atoms with Crippen LogP contribution in [0.2, 0.25) is 5.02 Å². The maximum Gasteiger partial charge on any atom is 0.326 e. The Balaban J connectivity index is 1.45. The van der Waals surface area contributed by atoms with E-state index in [0.717, 1.165) is 18.2 Å². The number of nitrogens with one attached hydrogen (secondary N) is 2. The maximum atomic E-state index is 13.8. The van der Waals surface area contributed by atoms with Crippen molar-refractivity contribution < 1.29 is 31.5 Å². The molecule has 0 unspecified atom stereocenters. The molecule has 0 fully saturated rings. The van der Waals surface area contributed by atoms with Gasteiger partial charge in [-0.1, -0.05) is 17.7 Å². The third kappa shape index (κ3) is 6.24. The quantitative estimate of drug-likeness (QED) is 0.265. The van der Waals surface area contributed by atoms with E-state index in [-0.39, 0.29) is 9.79 Å². The number of anilines is 1. The van der Waals surface area contributed by atoms with Crippen LogP contribution in [-0.4, -0.2) is 20.4 Å². The average molecular weight is 571 g/mol. The molecule has 0 aliphatic rings. The monoisotopic (exact) mass is 570 g/mol. The Morgan fingerprint density at radius 3 is 1.97 bits per heavy atom. The number of sulfone groups is 1. The third-order valence-corrected chi connectivity index (χ3v) is 7.71. The molecule has 3 amide bonds. The minimum Gasteiger partial charge on any atom is -0.457 e. The van der Waals surface area contributed by atoms with Crippen LogP contribution in [0.4, 0.5) is 19.3 Å². The Kier molecular flexibility index (Phi) is 7.98. The van der Waals surface area contributed by atoms with Crippen LogP contribution in [0.25, 0.3) is 0 Å². The second kappa shape index (κ2) is 11.2. The van der Waals surface area contributed by atoms with Crippen molar-refractivity contribution in [3.8, 4) is 11.5 Å². The van der Waals surface area contributed by atoms with Gasteiger partial charge in [-0.2, -0.15) is 0 Å². The van der Waals surface area contributed by atoms with Crippen LogP contribution in [0, 0.1) is 25.5 Å². The van der Waals surface area contributed by atoms with Gasteiger partial charge >= 0.3 is 6.03 Å². The number of hydrogen-bond donors (Lipinski definition) is 2. The molecule has 200 valence electrons. The number of amides is 3. The molecule has 0 radical (unpaired) electrons. The average Bonchev–Trinajstić information content (AvgIpc) is 2.87. The first-order valence-corrected chi connectivity index (χ1v) is 13.3. The van der Waals surface area contributed by atoms with Crippen molar-refractivity contribution in [1.29, 1.82) is 0 Å². The molecule has 0 heterocycles. The van der Waals surface area contributed by atoms with E-state index in [9.17, 15) is 26.8 Å². The summed E-state index contributed by atoms with van der Waals surface area (Å²) in [5, 5.41) is 4.81. The van der Waals surface area contributed by atoms with Gasteiger partial charge in [-0.25, -0.2) is 22.0 Å². The highest BCUT2D eigenvalue weighted by Gasteiger charge is 2.20. The van der Waals surface area contributed by atoms with Crippen molar-refractivity contribution >= 4 is 39.1 Å². The van der Waals surface area contributed by atoms with Crippen LogP contribution >= 0.6 is 11.6 Å². The first kappa shape index (κ1) is 27.7. The summed E-state index contributed by atoms with van der Waals surface area (Å²) in [6.45, 7) is 3.40. The molecular formula is C28H21ClF2N2O5S. The lowest BCUT2D eigenvalue weighted by atomic mass is 10.1. The molecule has 0 aromatic heterocycles. The van der Waals surface area contributed by atoms with E-state index in [1.807, 2.05) is 5.32 Å². The predicted octanol–water partition coefficient (Wildman–Crippen LogP) is 6.82. The fourth-order valence-electron chi connectivity index (χ4n) is 3.63. The van der Waals surface area contributed by atoms with Crippen LogP contribution in [0.5, 0.6) is 11.5 Å². The molecule has 0 aliphatic carbocycles. The van der Waals surface area contributed by atoms with Crippen molar-refractivity contribution in [3.05, 3.63) is 112 Å². The van der Waals surface area contributed by atoms with Crippen molar-refractivity contribution in [2.24, 2.45) is 0 Å². The number of ether oxygens (including phenoxy) is 1. The summed E-state index contributed by atoms with van der Waals surface area (Å²) >= 11 is 5.84. The van der Waals surface area contributed by atoms with E-state index >= 15 is 0 Å². The van der Waals surface area contributed by atoms with Gasteiger partial charge in [0.15, 0.2) is 0 Å². The zero-order chi connectivity index (χ0) is 28.3. The number of benzene rings is 4. The largest absolute Gasteiger partial charge is 0.457 e. The van der Waals surface area contributed by atoms with E-state index in [1.165, 1.54) is 48.5 Å². The van der Waals surface area contributed by atoms with Gasteiger partial charge in [-0.05, 0) is 97.8 Å². The lowest BCUT2D eigenvalue weighted by Gasteiger charge is -2.15. The molecule has 39 heavy (non-hydrogen) atoms. The molecule has 11 heteroatoms. The Bertz CT molecular complexity index is 1660. The maximum absolute atomic E-state index is 13.8. The number of hydrogen-bond acceptors (Lipinski definition) is 5. The lowest BCUT2D eigenvalue weighted by Crippen LogP contribution is -2.35. The summed E-state index contributed by atoms with van der Waals surface area (Å²) in [5.74, 6) is -2.59. The van der Waals surface area contributed by atoms with Crippen molar-refractivity contribution in [2.75, 3.05) is 5.32 Å². The van der Waals surface area contributed by atoms with Crippen molar-refractivity contribution in [1.82, 2.24) is 5.32 Å². The minimum absolute atomic E-state index is 0.0837. The number of carbonyl (C=O) groups is 2. The molecule has 4 aromatic carbocycles. The van der Waals surface area contributed by atoms with Crippen LogP contribution < -0.4 is 15.4 Å². The predicted molar refractivity (Wildman–Crippen MR) is 142 cm³/mol. The molecule has 4 rings (SSSR count). The lowest BCUT2D eigenvalue weighted by molar-refractivity contribution is 0.0959. The standard InChI is InChI=1S/C28H21ClF2N2O5S/c1-16-15-25(38-19-8-12-21(13-9-19)39(36,37)20-10-6-18(29)7-11-20)17(2)14-24(16)32-28(35)33-27(34)26-22(30)4-3-5-23(26)31/h3-15H,1-2H3,(H2,32,33,34,35). The third-order valence-electron chi connectivity index (χ3n) is 5.67. The summed E-state index contributed by atoms with van der Waals surface area (Å²) < 4.78 is 59.2. The van der Waals surface area contributed by atoms with Gasteiger partial charge in [0.1, 0.15) is 28.7 Å². The first-order chi connectivity index (χ1) is 18.5. The molecule has 0 atom stereocenters. The second-order valence-electron chi connectivity index (χ2n) is 8.47. The summed E-state index contributed by atoms with van der Waals surface area (Å²) in [4.78, 5) is 24.7. The van der Waals surface area contributed by atoms with Gasteiger partial charge in [0.2, 0.25) is 9.84 Å². The molecular weight excluding hydrogens is 550 g/mol. The van der Waals surface area contributed by atoms with Gasteiger partial charge in [-0.15, -0.1) is 0 Å². The van der Waals surface area contributed by atoms with Crippen LogP contribution in [0.3, 0.4) is 0 Å². The smallest absolute Gasteiger partial charge is 0.326 e. The van der Waals surface area contributed by atoms with Gasteiger partial charge in [0.05, 0.1) is 9.79 Å². The highest BCUT2D eigenvalue weighted by molar-refractivity contribution is 7.91. The van der Waals surface area contributed by atoms with Crippen LogP contribution in [0.1, 0.15) is 21.5 Å². The number of rotatable bonds is 6. The second-order valence-corrected chi connectivity index (χ2v) is 10.9. The highest BCUT2D eigenvalue weighted by atomic mass is 35.5. The zero-order valence-electron chi connectivity index (χ0n) is 20.6. The molecule has 0 spiro atoms. The van der Waals surface area contributed by atoms with Gasteiger partial charge < -0.3 is 10.1 Å². The molecule has 7 nitrogen and oxygen atoms in total. The first-order valence-electron chi connectivity index (χ1n) is 11.4. The zero-order valence-corrected chi connectivity index (χ0v) is 22.2. The summed E-state index contributed by atoms with van der Waals surface area (Å²) in [6, 6.07) is 16.9. The molecule has 4 aromatic rings. The molecule has 0 aliphatic heterocycles. The van der Waals surface area contributed by atoms with Crippen molar-refractivity contribution in [2.45, 2.75) is 23.6 Å². The Morgan fingerprint density at radius 1 is 0.821 bits per heavy atom. The van der Waals surface area contributed by atoms with Gasteiger partial charge in [0, 0.05) is 10.7 Å². The molecule has 0 saturated carbocycles. The van der Waals surface area contributed by atoms with Crippen molar-refractivity contribution in [3.63, 3.8) is 0 Å². The highest BCUT2D eigenvalue weighted by Crippen LogP contribution is 2.31. The summed E-state index contributed by atoms with van der Waals surface area (Å²) in [6.07, 6.45) is 0. The van der Waals surface area contributed by atoms with Crippen LogP contribution in [0.15, 0.2) is 88.7 Å². The number of aryl methyl sites for hydroxylation is 2. The fraction of sp³-hybridized carbons (Fsp3) is 0.0714. The van der Waals surface area contributed by atoms with E-state index in [1.54, 1.807) is 26.0 Å². The number of imide groups is 1. The molecule has 0 bridgehead atoms. The van der Waals surface area contributed by atoms with Gasteiger partial charge in [-0.3, -0.25) is 10.1 Å². The van der Waals surface area contributed by atoms with E-state index < -0.39 is 39.0 Å². The van der Waals surface area contributed by atoms with E-state index in [2.05, 4.69) is 5.32 Å². The number of carbonyl (C=O) groups excluding carboxylic acids is 2. The number of urea groups is 1. The Morgan fingerprint density at radius 2 is 1.38 bits per heavy atom.